The average molecular weight is 498 g/mol. The fraction of sp³-hybridized carbons (Fsp3) is 0.370. The zero-order chi connectivity index (χ0) is 24.7. The molecule has 0 unspecified atom stereocenters. The lowest BCUT2D eigenvalue weighted by atomic mass is 9.87. The fourth-order valence-electron chi connectivity index (χ4n) is 3.32. The first kappa shape index (κ1) is 26.0. The summed E-state index contributed by atoms with van der Waals surface area (Å²) in [6.07, 6.45) is 2.68. The van der Waals surface area contributed by atoms with Gasteiger partial charge in [0.25, 0.3) is 5.91 Å². The summed E-state index contributed by atoms with van der Waals surface area (Å²) in [7, 11) is 0. The van der Waals surface area contributed by atoms with E-state index in [-0.39, 0.29) is 30.3 Å². The molecule has 34 heavy (non-hydrogen) atoms. The molecule has 0 radical (unpaired) electrons. The molecule has 5 nitrogen and oxygen atoms in total. The summed E-state index contributed by atoms with van der Waals surface area (Å²) in [5, 5.41) is 0. The van der Waals surface area contributed by atoms with Crippen LogP contribution in [0.25, 0.3) is 6.08 Å². The monoisotopic (exact) mass is 497 g/mol. The summed E-state index contributed by atoms with van der Waals surface area (Å²) in [5.41, 5.74) is 3.26. The van der Waals surface area contributed by atoms with E-state index in [0.717, 1.165) is 17.5 Å². The third-order valence-corrected chi connectivity index (χ3v) is 6.68. The van der Waals surface area contributed by atoms with Crippen molar-refractivity contribution in [3.8, 4) is 5.75 Å². The minimum atomic E-state index is -0.325. The highest BCUT2D eigenvalue weighted by Gasteiger charge is 2.32. The summed E-state index contributed by atoms with van der Waals surface area (Å²) in [5.74, 6) is 0.163. The molecule has 1 aliphatic rings. The van der Waals surface area contributed by atoms with Crippen LogP contribution in [0.15, 0.2) is 53.4 Å². The average Bonchev–Trinajstić information content (AvgIpc) is 3.07. The Hall–Kier alpha value is -2.64. The van der Waals surface area contributed by atoms with Gasteiger partial charge in [0.2, 0.25) is 0 Å². The molecule has 2 aromatic carbocycles. The van der Waals surface area contributed by atoms with Gasteiger partial charge in [-0.2, -0.15) is 0 Å². The smallest absolute Gasteiger partial charge is 0.307 e. The van der Waals surface area contributed by atoms with E-state index in [1.165, 1.54) is 22.2 Å². The third-order valence-electron chi connectivity index (χ3n) is 5.30. The van der Waals surface area contributed by atoms with Crippen molar-refractivity contribution in [1.29, 1.82) is 0 Å². The molecule has 1 saturated heterocycles. The molecule has 0 bridgehead atoms. The summed E-state index contributed by atoms with van der Waals surface area (Å²) in [6.45, 7) is 9.53. The highest BCUT2D eigenvalue weighted by molar-refractivity contribution is 8.26. The van der Waals surface area contributed by atoms with Gasteiger partial charge in [0.05, 0.1) is 17.9 Å². The number of thioether (sulfide) groups is 1. The number of amides is 1. The number of benzene rings is 2. The van der Waals surface area contributed by atoms with Gasteiger partial charge in [-0.15, -0.1) is 0 Å². The Morgan fingerprint density at radius 2 is 1.82 bits per heavy atom. The Morgan fingerprint density at radius 1 is 1.12 bits per heavy atom. The molecule has 2 aromatic rings. The van der Waals surface area contributed by atoms with E-state index in [4.69, 9.17) is 21.7 Å². The molecular formula is C27H31NO4S2. The van der Waals surface area contributed by atoms with Crippen LogP contribution in [0.2, 0.25) is 0 Å². The number of ether oxygens (including phenoxy) is 2. The quantitative estimate of drug-likeness (QED) is 0.237. The molecule has 1 heterocycles. The fourth-order valence-corrected chi connectivity index (χ4v) is 4.62. The van der Waals surface area contributed by atoms with Gasteiger partial charge < -0.3 is 9.47 Å². The van der Waals surface area contributed by atoms with Gasteiger partial charge >= 0.3 is 5.97 Å². The number of carbonyl (C=O) groups is 2. The first-order valence-electron chi connectivity index (χ1n) is 11.4. The number of thiocarbonyl (C=S) groups is 1. The Morgan fingerprint density at radius 3 is 2.50 bits per heavy atom. The topological polar surface area (TPSA) is 55.8 Å². The molecule has 3 rings (SSSR count). The minimum absolute atomic E-state index is 0.105. The second-order valence-electron chi connectivity index (χ2n) is 9.08. The molecule has 0 N–H and O–H groups in total. The first-order valence-corrected chi connectivity index (χ1v) is 12.6. The van der Waals surface area contributed by atoms with Crippen molar-refractivity contribution in [2.75, 3.05) is 13.2 Å². The Balaban J connectivity index is 1.67. The van der Waals surface area contributed by atoms with Crippen LogP contribution in [0, 0.1) is 0 Å². The molecule has 0 aliphatic carbocycles. The number of carbonyl (C=O) groups excluding carboxylic acids is 2. The normalized spacial score (nSPS) is 15.2. The van der Waals surface area contributed by atoms with Crippen LogP contribution in [0.1, 0.15) is 57.2 Å². The zero-order valence-electron chi connectivity index (χ0n) is 20.1. The number of nitrogens with zero attached hydrogens (tertiary/aromatic N) is 1. The highest BCUT2D eigenvalue weighted by Crippen LogP contribution is 2.34. The summed E-state index contributed by atoms with van der Waals surface area (Å²) < 4.78 is 11.6. The van der Waals surface area contributed by atoms with Gasteiger partial charge in [-0.1, -0.05) is 94.1 Å². The number of rotatable bonds is 9. The summed E-state index contributed by atoms with van der Waals surface area (Å²) in [6, 6.07) is 16.0. The van der Waals surface area contributed by atoms with E-state index in [1.807, 2.05) is 31.2 Å². The van der Waals surface area contributed by atoms with Crippen LogP contribution in [0.3, 0.4) is 0 Å². The van der Waals surface area contributed by atoms with Crippen molar-refractivity contribution in [2.24, 2.45) is 0 Å². The lowest BCUT2D eigenvalue weighted by Crippen LogP contribution is -2.30. The van der Waals surface area contributed by atoms with Gasteiger partial charge in [0.15, 0.2) is 0 Å². The predicted molar refractivity (Wildman–Crippen MR) is 142 cm³/mol. The number of esters is 1. The predicted octanol–water partition coefficient (Wildman–Crippen LogP) is 6.11. The van der Waals surface area contributed by atoms with Crippen LogP contribution < -0.4 is 4.74 Å². The molecule has 0 atom stereocenters. The molecule has 0 saturated carbocycles. The lowest BCUT2D eigenvalue weighted by molar-refractivity contribution is -0.143. The molecular weight excluding hydrogens is 466 g/mol. The largest absolute Gasteiger partial charge is 0.488 e. The van der Waals surface area contributed by atoms with E-state index >= 15 is 0 Å². The highest BCUT2D eigenvalue weighted by atomic mass is 32.2. The standard InChI is InChI=1S/C27H31NO4S2/c1-5-16-31-24(29)14-15-28-25(30)23(34-26(28)33)17-20-8-6-7-9-22(20)32-18-19-10-12-21(13-11-19)27(2,3)4/h6-13,17H,5,14-16,18H2,1-4H3/b23-17+. The minimum Gasteiger partial charge on any atom is -0.488 e. The van der Waals surface area contributed by atoms with Crippen molar-refractivity contribution in [3.63, 3.8) is 0 Å². The van der Waals surface area contributed by atoms with Crippen LogP contribution in [0.5, 0.6) is 5.75 Å². The van der Waals surface area contributed by atoms with Crippen LogP contribution in [-0.2, 0) is 26.3 Å². The van der Waals surface area contributed by atoms with Crippen molar-refractivity contribution >= 4 is 46.3 Å². The van der Waals surface area contributed by atoms with E-state index < -0.39 is 0 Å². The van der Waals surface area contributed by atoms with Gasteiger partial charge in [-0.3, -0.25) is 14.5 Å². The molecule has 0 spiro atoms. The number of hydrogen-bond donors (Lipinski definition) is 0. The molecule has 1 amide bonds. The Labute approximate surface area is 211 Å². The number of para-hydroxylation sites is 1. The third kappa shape index (κ3) is 6.93. The SMILES string of the molecule is CCCOC(=O)CCN1C(=O)/C(=C\c2ccccc2OCc2ccc(C(C)(C)C)cc2)SC1=S. The summed E-state index contributed by atoms with van der Waals surface area (Å²) in [4.78, 5) is 26.7. The zero-order valence-corrected chi connectivity index (χ0v) is 21.8. The van der Waals surface area contributed by atoms with Crippen molar-refractivity contribution in [1.82, 2.24) is 4.90 Å². The van der Waals surface area contributed by atoms with E-state index in [2.05, 4.69) is 45.0 Å². The first-order chi connectivity index (χ1) is 16.2. The van der Waals surface area contributed by atoms with Gasteiger partial charge in [0, 0.05) is 12.1 Å². The molecule has 1 fully saturated rings. The molecule has 0 aromatic heterocycles. The van der Waals surface area contributed by atoms with Crippen molar-refractivity contribution in [2.45, 2.75) is 52.6 Å². The Kier molecular flexibility index (Phi) is 8.91. The second kappa shape index (κ2) is 11.7. The lowest BCUT2D eigenvalue weighted by Gasteiger charge is -2.19. The van der Waals surface area contributed by atoms with E-state index in [9.17, 15) is 9.59 Å². The van der Waals surface area contributed by atoms with Crippen molar-refractivity contribution < 1.29 is 19.1 Å². The van der Waals surface area contributed by atoms with Gasteiger partial charge in [-0.05, 0) is 35.1 Å². The second-order valence-corrected chi connectivity index (χ2v) is 10.8. The molecule has 7 heteroatoms. The maximum Gasteiger partial charge on any atom is 0.307 e. The van der Waals surface area contributed by atoms with Crippen molar-refractivity contribution in [3.05, 3.63) is 70.1 Å². The summed E-state index contributed by atoms with van der Waals surface area (Å²) >= 11 is 6.61. The van der Waals surface area contributed by atoms with E-state index in [0.29, 0.717) is 28.2 Å². The molecule has 180 valence electrons. The van der Waals surface area contributed by atoms with E-state index in [1.54, 1.807) is 6.08 Å². The Bertz CT molecular complexity index is 1070. The van der Waals surface area contributed by atoms with Gasteiger partial charge in [-0.25, -0.2) is 0 Å². The maximum absolute atomic E-state index is 12.9. The molecule has 1 aliphatic heterocycles. The van der Waals surface area contributed by atoms with Crippen LogP contribution in [-0.4, -0.2) is 34.2 Å². The van der Waals surface area contributed by atoms with Crippen LogP contribution >= 0.6 is 24.0 Å². The maximum atomic E-state index is 12.9. The van der Waals surface area contributed by atoms with Crippen LogP contribution in [0.4, 0.5) is 0 Å². The number of hydrogen-bond acceptors (Lipinski definition) is 6. The van der Waals surface area contributed by atoms with Gasteiger partial charge in [0.1, 0.15) is 16.7 Å².